The average molecular weight is 479 g/mol. The van der Waals surface area contributed by atoms with Crippen LogP contribution in [0.3, 0.4) is 0 Å². The second-order valence-corrected chi connectivity index (χ2v) is 8.79. The Labute approximate surface area is 208 Å². The van der Waals surface area contributed by atoms with Crippen molar-refractivity contribution in [3.8, 4) is 5.69 Å². The third-order valence-electron chi connectivity index (χ3n) is 6.40. The molecule has 0 aliphatic carbocycles. The predicted octanol–water partition coefficient (Wildman–Crippen LogP) is 4.53. The van der Waals surface area contributed by atoms with E-state index in [2.05, 4.69) is 26.7 Å². The number of likely N-dealkylation sites (tertiary alicyclic amines) is 1. The minimum atomic E-state index is 0.245. The molecule has 4 heterocycles. The zero-order valence-corrected chi connectivity index (χ0v) is 19.8. The molecule has 1 saturated heterocycles. The van der Waals surface area contributed by atoms with Gasteiger partial charge in [0.1, 0.15) is 12.1 Å². The van der Waals surface area contributed by atoms with E-state index in [1.54, 1.807) is 12.5 Å². The lowest BCUT2D eigenvalue weighted by Gasteiger charge is -2.16. The summed E-state index contributed by atoms with van der Waals surface area (Å²) < 4.78 is 1.95. The van der Waals surface area contributed by atoms with Crippen LogP contribution in [0.25, 0.3) is 27.6 Å². The molecule has 0 atom stereocenters. The number of nitrogens with zero attached hydrogens (tertiary/aromatic N) is 6. The Hall–Kier alpha value is -4.53. The van der Waals surface area contributed by atoms with Crippen LogP contribution in [0, 0.1) is 0 Å². The van der Waals surface area contributed by atoms with Gasteiger partial charge in [-0.25, -0.2) is 9.97 Å². The van der Waals surface area contributed by atoms with Gasteiger partial charge < -0.3 is 15.5 Å². The number of fused-ring (bicyclic) bond motifs is 2. The van der Waals surface area contributed by atoms with Crippen molar-refractivity contribution in [1.29, 1.82) is 0 Å². The fourth-order valence-corrected chi connectivity index (χ4v) is 4.60. The van der Waals surface area contributed by atoms with E-state index in [0.717, 1.165) is 42.4 Å². The van der Waals surface area contributed by atoms with Crippen molar-refractivity contribution in [1.82, 2.24) is 29.4 Å². The summed E-state index contributed by atoms with van der Waals surface area (Å²) >= 11 is 0. The third-order valence-corrected chi connectivity index (χ3v) is 6.40. The SMILES string of the molecule is O=C1CCCN1CCCNc1nc(Nc2nccc3ccccc23)nc2c1ncn2-c1ccccc1. The minimum absolute atomic E-state index is 0.245. The number of anilines is 3. The number of aromatic nitrogens is 5. The van der Waals surface area contributed by atoms with Crippen molar-refractivity contribution < 1.29 is 4.79 Å². The standard InChI is InChI=1S/C27H26N8O/c36-22-12-6-16-34(22)17-7-14-28-25-23-26(35(18-30-23)20-9-2-1-3-10-20)33-27(32-25)31-24-21-11-5-4-8-19(21)13-15-29-24/h1-5,8-11,13,15,18H,6-7,12,14,16-17H2,(H2,28,29,31,32,33). The Morgan fingerprint density at radius 1 is 0.917 bits per heavy atom. The Bertz CT molecular complexity index is 1530. The van der Waals surface area contributed by atoms with Gasteiger partial charge in [0.15, 0.2) is 17.0 Å². The van der Waals surface area contributed by atoms with Gasteiger partial charge in [0.05, 0.1) is 0 Å². The number of amides is 1. The van der Waals surface area contributed by atoms with Gasteiger partial charge in [-0.05, 0) is 36.4 Å². The molecule has 6 rings (SSSR count). The molecule has 2 aromatic carbocycles. The van der Waals surface area contributed by atoms with E-state index in [-0.39, 0.29) is 5.91 Å². The van der Waals surface area contributed by atoms with Crippen molar-refractivity contribution in [2.24, 2.45) is 0 Å². The number of benzene rings is 2. The van der Waals surface area contributed by atoms with Gasteiger partial charge in [-0.15, -0.1) is 0 Å². The molecule has 180 valence electrons. The second kappa shape index (κ2) is 9.61. The number of para-hydroxylation sites is 1. The summed E-state index contributed by atoms with van der Waals surface area (Å²) in [5.41, 5.74) is 2.34. The first-order valence-corrected chi connectivity index (χ1v) is 12.2. The quantitative estimate of drug-likeness (QED) is 0.316. The number of carbonyl (C=O) groups excluding carboxylic acids is 1. The summed E-state index contributed by atoms with van der Waals surface area (Å²) in [6, 6.07) is 20.0. The first kappa shape index (κ1) is 22.0. The molecular weight excluding hydrogens is 452 g/mol. The maximum Gasteiger partial charge on any atom is 0.232 e. The number of nitrogens with one attached hydrogen (secondary N) is 2. The lowest BCUT2D eigenvalue weighted by Crippen LogP contribution is -2.27. The summed E-state index contributed by atoms with van der Waals surface area (Å²) in [5, 5.41) is 8.83. The molecule has 0 spiro atoms. The van der Waals surface area contributed by atoms with Crippen LogP contribution < -0.4 is 10.6 Å². The van der Waals surface area contributed by atoms with Gasteiger partial charge >= 0.3 is 0 Å². The molecule has 9 heteroatoms. The molecule has 0 bridgehead atoms. The topological polar surface area (TPSA) is 101 Å². The third kappa shape index (κ3) is 4.31. The van der Waals surface area contributed by atoms with E-state index in [1.165, 1.54) is 0 Å². The van der Waals surface area contributed by atoms with Gasteiger partial charge in [0, 0.05) is 43.3 Å². The predicted molar refractivity (Wildman–Crippen MR) is 141 cm³/mol. The van der Waals surface area contributed by atoms with Gasteiger partial charge in [0.2, 0.25) is 11.9 Å². The Balaban J connectivity index is 1.33. The van der Waals surface area contributed by atoms with E-state index in [1.807, 2.05) is 64.1 Å². The summed E-state index contributed by atoms with van der Waals surface area (Å²) in [6.45, 7) is 2.26. The van der Waals surface area contributed by atoms with Gasteiger partial charge in [-0.1, -0.05) is 42.5 Å². The molecule has 0 saturated carbocycles. The highest BCUT2D eigenvalue weighted by atomic mass is 16.2. The van der Waals surface area contributed by atoms with Crippen molar-refractivity contribution in [3.05, 3.63) is 73.2 Å². The first-order valence-electron chi connectivity index (χ1n) is 12.2. The largest absolute Gasteiger partial charge is 0.368 e. The normalized spacial score (nSPS) is 13.6. The summed E-state index contributed by atoms with van der Waals surface area (Å²) in [6.07, 6.45) is 5.98. The molecule has 3 aromatic heterocycles. The lowest BCUT2D eigenvalue weighted by atomic mass is 10.1. The van der Waals surface area contributed by atoms with Crippen LogP contribution in [0.1, 0.15) is 19.3 Å². The van der Waals surface area contributed by atoms with E-state index in [9.17, 15) is 4.79 Å². The maximum absolute atomic E-state index is 11.9. The Morgan fingerprint density at radius 2 is 1.78 bits per heavy atom. The molecule has 1 aliphatic heterocycles. The summed E-state index contributed by atoms with van der Waals surface area (Å²) in [5.74, 6) is 2.01. The molecule has 1 amide bonds. The van der Waals surface area contributed by atoms with Crippen LogP contribution in [-0.4, -0.2) is 54.9 Å². The number of hydrogen-bond donors (Lipinski definition) is 2. The number of pyridine rings is 1. The summed E-state index contributed by atoms with van der Waals surface area (Å²) in [7, 11) is 0. The fourth-order valence-electron chi connectivity index (χ4n) is 4.60. The second-order valence-electron chi connectivity index (χ2n) is 8.79. The van der Waals surface area contributed by atoms with E-state index in [0.29, 0.717) is 41.7 Å². The van der Waals surface area contributed by atoms with Crippen LogP contribution in [-0.2, 0) is 4.79 Å². The highest BCUT2D eigenvalue weighted by Crippen LogP contribution is 2.27. The van der Waals surface area contributed by atoms with Crippen molar-refractivity contribution >= 4 is 45.4 Å². The number of carbonyl (C=O) groups is 1. The summed E-state index contributed by atoms with van der Waals surface area (Å²) in [4.78, 5) is 32.6. The van der Waals surface area contributed by atoms with Crippen LogP contribution >= 0.6 is 0 Å². The van der Waals surface area contributed by atoms with Crippen LogP contribution in [0.5, 0.6) is 0 Å². The Kier molecular flexibility index (Phi) is 5.87. The molecule has 36 heavy (non-hydrogen) atoms. The number of rotatable bonds is 8. The average Bonchev–Trinajstić information content (AvgIpc) is 3.53. The lowest BCUT2D eigenvalue weighted by molar-refractivity contribution is -0.127. The molecular formula is C27H26N8O. The monoisotopic (exact) mass is 478 g/mol. The first-order chi connectivity index (χ1) is 17.8. The maximum atomic E-state index is 11.9. The van der Waals surface area contributed by atoms with Gasteiger partial charge in [0.25, 0.3) is 0 Å². The molecule has 0 unspecified atom stereocenters. The van der Waals surface area contributed by atoms with Gasteiger partial charge in [-0.3, -0.25) is 9.36 Å². The molecule has 9 nitrogen and oxygen atoms in total. The minimum Gasteiger partial charge on any atom is -0.368 e. The van der Waals surface area contributed by atoms with Gasteiger partial charge in [-0.2, -0.15) is 9.97 Å². The molecule has 1 fully saturated rings. The smallest absolute Gasteiger partial charge is 0.232 e. The van der Waals surface area contributed by atoms with Crippen molar-refractivity contribution in [2.75, 3.05) is 30.3 Å². The van der Waals surface area contributed by atoms with E-state index < -0.39 is 0 Å². The van der Waals surface area contributed by atoms with Crippen LogP contribution in [0.2, 0.25) is 0 Å². The fraction of sp³-hybridized carbons (Fsp3) is 0.222. The van der Waals surface area contributed by atoms with Crippen LogP contribution in [0.4, 0.5) is 17.6 Å². The van der Waals surface area contributed by atoms with E-state index >= 15 is 0 Å². The highest BCUT2D eigenvalue weighted by molar-refractivity contribution is 5.93. The Morgan fingerprint density at radius 3 is 2.64 bits per heavy atom. The van der Waals surface area contributed by atoms with Crippen molar-refractivity contribution in [2.45, 2.75) is 19.3 Å². The molecule has 2 N–H and O–H groups in total. The zero-order chi connectivity index (χ0) is 24.3. The zero-order valence-electron chi connectivity index (χ0n) is 19.8. The molecule has 5 aromatic rings. The molecule has 1 aliphatic rings. The number of hydrogen-bond acceptors (Lipinski definition) is 7. The van der Waals surface area contributed by atoms with Crippen molar-refractivity contribution in [3.63, 3.8) is 0 Å². The molecule has 0 radical (unpaired) electrons. The van der Waals surface area contributed by atoms with Crippen LogP contribution in [0.15, 0.2) is 73.2 Å². The van der Waals surface area contributed by atoms with E-state index in [4.69, 9.17) is 9.97 Å². The number of imidazole rings is 1. The highest BCUT2D eigenvalue weighted by Gasteiger charge is 2.19.